The van der Waals surface area contributed by atoms with E-state index >= 15 is 0 Å². The summed E-state index contributed by atoms with van der Waals surface area (Å²) in [4.78, 5) is 0. The van der Waals surface area contributed by atoms with Crippen LogP contribution in [0.25, 0.3) is 0 Å². The van der Waals surface area contributed by atoms with Gasteiger partial charge in [-0.25, -0.2) is 0 Å². The predicted octanol–water partition coefficient (Wildman–Crippen LogP) is 2.92. The van der Waals surface area contributed by atoms with Gasteiger partial charge in [-0.2, -0.15) is 0 Å². The molecule has 2 nitrogen and oxygen atoms in total. The average Bonchev–Trinajstić information content (AvgIpc) is 2.14. The lowest BCUT2D eigenvalue weighted by molar-refractivity contribution is -0.0102. The zero-order chi connectivity index (χ0) is 10.6. The molecule has 1 unspecified atom stereocenters. The largest absolute Gasteiger partial charge is 0.374 e. The van der Waals surface area contributed by atoms with Crippen LogP contribution in [-0.2, 0) is 4.74 Å². The molecule has 3 heteroatoms. The van der Waals surface area contributed by atoms with Gasteiger partial charge in [0.2, 0.25) is 0 Å². The van der Waals surface area contributed by atoms with Crippen molar-refractivity contribution in [3.63, 3.8) is 0 Å². The number of benzene rings is 1. The third kappa shape index (κ3) is 5.78. The molecule has 86 valence electrons. The minimum Gasteiger partial charge on any atom is -0.374 e. The molecule has 0 amide bonds. The van der Waals surface area contributed by atoms with Crippen molar-refractivity contribution in [2.45, 2.75) is 32.4 Å². The fourth-order valence-electron chi connectivity index (χ4n) is 1.14. The van der Waals surface area contributed by atoms with E-state index in [0.717, 1.165) is 5.56 Å². The second kappa shape index (κ2) is 6.11. The molecule has 0 saturated heterocycles. The van der Waals surface area contributed by atoms with Crippen molar-refractivity contribution in [3.8, 4) is 0 Å². The predicted molar refractivity (Wildman–Crippen MR) is 66.3 cm³/mol. The molecule has 15 heavy (non-hydrogen) atoms. The quantitative estimate of drug-likeness (QED) is 0.865. The van der Waals surface area contributed by atoms with Gasteiger partial charge in [0.15, 0.2) is 0 Å². The van der Waals surface area contributed by atoms with E-state index in [0.29, 0.717) is 6.61 Å². The molecular weight excluding hydrogens is 210 g/mol. The number of rotatable bonds is 3. The summed E-state index contributed by atoms with van der Waals surface area (Å²) in [6, 6.07) is 9.99. The van der Waals surface area contributed by atoms with Crippen molar-refractivity contribution in [1.82, 2.24) is 0 Å². The third-order valence-electron chi connectivity index (χ3n) is 1.92. The lowest BCUT2D eigenvalue weighted by atomic mass is 10.1. The summed E-state index contributed by atoms with van der Waals surface area (Å²) in [5, 5.41) is 0. The van der Waals surface area contributed by atoms with Crippen LogP contribution in [0.15, 0.2) is 30.3 Å². The molecule has 0 aliphatic carbocycles. The van der Waals surface area contributed by atoms with Crippen molar-refractivity contribution in [2.24, 2.45) is 5.73 Å². The van der Waals surface area contributed by atoms with Gasteiger partial charge in [0, 0.05) is 0 Å². The van der Waals surface area contributed by atoms with Crippen LogP contribution in [0.3, 0.4) is 0 Å². The molecule has 2 N–H and O–H groups in total. The van der Waals surface area contributed by atoms with Gasteiger partial charge in [0.1, 0.15) is 0 Å². The maximum Gasteiger partial charge on any atom is 0.0666 e. The fraction of sp³-hybridized carbons (Fsp3) is 0.500. The van der Waals surface area contributed by atoms with E-state index in [1.54, 1.807) is 0 Å². The first-order valence-corrected chi connectivity index (χ1v) is 4.93. The highest BCUT2D eigenvalue weighted by atomic mass is 35.5. The Kier molecular flexibility index (Phi) is 5.88. The molecule has 0 aliphatic rings. The summed E-state index contributed by atoms with van der Waals surface area (Å²) in [7, 11) is 0. The number of hydrogen-bond donors (Lipinski definition) is 1. The van der Waals surface area contributed by atoms with Crippen LogP contribution in [0.2, 0.25) is 0 Å². The van der Waals surface area contributed by atoms with Crippen LogP contribution >= 0.6 is 12.4 Å². The Bertz CT molecular complexity index is 269. The molecule has 0 saturated carbocycles. The lowest BCUT2D eigenvalue weighted by Crippen LogP contribution is -2.26. The summed E-state index contributed by atoms with van der Waals surface area (Å²) < 4.78 is 5.62. The Hall–Kier alpha value is -0.570. The lowest BCUT2D eigenvalue weighted by Gasteiger charge is -2.22. The zero-order valence-electron chi connectivity index (χ0n) is 9.57. The first kappa shape index (κ1) is 14.4. The van der Waals surface area contributed by atoms with Crippen molar-refractivity contribution in [3.05, 3.63) is 35.9 Å². The highest BCUT2D eigenvalue weighted by molar-refractivity contribution is 5.85. The second-order valence-corrected chi connectivity index (χ2v) is 4.44. The Morgan fingerprint density at radius 3 is 2.20 bits per heavy atom. The maximum atomic E-state index is 5.98. The van der Waals surface area contributed by atoms with E-state index in [1.807, 2.05) is 51.1 Å². The van der Waals surface area contributed by atoms with Crippen LogP contribution in [0.1, 0.15) is 32.4 Å². The van der Waals surface area contributed by atoms with Crippen molar-refractivity contribution >= 4 is 12.4 Å². The van der Waals surface area contributed by atoms with Crippen molar-refractivity contribution < 1.29 is 4.74 Å². The Morgan fingerprint density at radius 1 is 1.20 bits per heavy atom. The van der Waals surface area contributed by atoms with E-state index in [2.05, 4.69) is 0 Å². The van der Waals surface area contributed by atoms with Gasteiger partial charge in [-0.15, -0.1) is 12.4 Å². The molecule has 0 aliphatic heterocycles. The molecule has 1 atom stereocenters. The molecular formula is C12H20ClNO. The Labute approximate surface area is 98.2 Å². The van der Waals surface area contributed by atoms with Gasteiger partial charge >= 0.3 is 0 Å². The van der Waals surface area contributed by atoms with E-state index in [9.17, 15) is 0 Å². The normalized spacial score (nSPS) is 13.1. The van der Waals surface area contributed by atoms with Gasteiger partial charge in [-0.05, 0) is 26.3 Å². The van der Waals surface area contributed by atoms with E-state index in [1.165, 1.54) is 0 Å². The van der Waals surface area contributed by atoms with Gasteiger partial charge in [0.25, 0.3) is 0 Å². The molecule has 0 radical (unpaired) electrons. The van der Waals surface area contributed by atoms with Crippen LogP contribution in [0.5, 0.6) is 0 Å². The summed E-state index contributed by atoms with van der Waals surface area (Å²) in [5.41, 5.74) is 6.98. The summed E-state index contributed by atoms with van der Waals surface area (Å²) in [6.45, 7) is 6.66. The minimum atomic E-state index is -0.119. The van der Waals surface area contributed by atoms with Crippen molar-refractivity contribution in [1.29, 1.82) is 0 Å². The first-order chi connectivity index (χ1) is 6.49. The van der Waals surface area contributed by atoms with E-state index < -0.39 is 0 Å². The molecule has 1 rings (SSSR count). The molecule has 0 fully saturated rings. The van der Waals surface area contributed by atoms with E-state index in [-0.39, 0.29) is 24.0 Å². The Balaban J connectivity index is 0.00000196. The molecule has 0 aromatic heterocycles. The van der Waals surface area contributed by atoms with Gasteiger partial charge in [-0.3, -0.25) is 0 Å². The highest BCUT2D eigenvalue weighted by Gasteiger charge is 2.13. The maximum absolute atomic E-state index is 5.98. The number of halogens is 1. The summed E-state index contributed by atoms with van der Waals surface area (Å²) in [6.07, 6.45) is 0. The molecule has 0 bridgehead atoms. The zero-order valence-corrected chi connectivity index (χ0v) is 10.4. The highest BCUT2D eigenvalue weighted by Crippen LogP contribution is 2.14. The summed E-state index contributed by atoms with van der Waals surface area (Å²) >= 11 is 0. The smallest absolute Gasteiger partial charge is 0.0666 e. The topological polar surface area (TPSA) is 35.2 Å². The summed E-state index contributed by atoms with van der Waals surface area (Å²) in [5.74, 6) is 0. The molecule has 0 heterocycles. The van der Waals surface area contributed by atoms with Gasteiger partial charge < -0.3 is 10.5 Å². The number of nitrogens with two attached hydrogens (primary N) is 1. The molecule has 1 aromatic carbocycles. The second-order valence-electron chi connectivity index (χ2n) is 4.44. The first-order valence-electron chi connectivity index (χ1n) is 4.93. The third-order valence-corrected chi connectivity index (χ3v) is 1.92. The van der Waals surface area contributed by atoms with Gasteiger partial charge in [0.05, 0.1) is 18.2 Å². The van der Waals surface area contributed by atoms with Gasteiger partial charge in [-0.1, -0.05) is 30.3 Å². The monoisotopic (exact) mass is 229 g/mol. The average molecular weight is 230 g/mol. The van der Waals surface area contributed by atoms with E-state index in [4.69, 9.17) is 10.5 Å². The van der Waals surface area contributed by atoms with Crippen molar-refractivity contribution in [2.75, 3.05) is 6.61 Å². The Morgan fingerprint density at radius 2 is 1.73 bits per heavy atom. The molecule has 0 spiro atoms. The molecule has 1 aromatic rings. The van der Waals surface area contributed by atoms with Crippen LogP contribution < -0.4 is 5.73 Å². The van der Waals surface area contributed by atoms with Crippen LogP contribution in [-0.4, -0.2) is 12.2 Å². The standard InChI is InChI=1S/C12H19NO.ClH/c1-12(2,3)14-9-11(13)10-7-5-4-6-8-10;/h4-8,11H,9,13H2,1-3H3;1H. The SMILES string of the molecule is CC(C)(C)OCC(N)c1ccccc1.Cl. The fourth-order valence-corrected chi connectivity index (χ4v) is 1.14. The minimum absolute atomic E-state index is 0. The van der Waals surface area contributed by atoms with Crippen LogP contribution in [0, 0.1) is 0 Å². The number of hydrogen-bond acceptors (Lipinski definition) is 2. The van der Waals surface area contributed by atoms with Crippen LogP contribution in [0.4, 0.5) is 0 Å². The number of ether oxygens (including phenoxy) is 1.